The van der Waals surface area contributed by atoms with E-state index in [1.165, 1.54) is 25.1 Å². The average Bonchev–Trinajstić information content (AvgIpc) is 2.87. The molecule has 3 aromatic carbocycles. The fourth-order valence-corrected chi connectivity index (χ4v) is 4.31. The lowest BCUT2D eigenvalue weighted by atomic mass is 9.83. The standard InChI is InChI=1S/C29H27F3O5/c1-18-20(4-3-5-23(18)21-9-11-25-26(15-21)37-13-12-36-25)7-8-22-14-19(6-10-24(22)29(30,31)32)16-28(2,17-33)27(34)35/h3-11,14-15,33H,12-13,16-17H2,1-2H3,(H,34,35). The van der Waals surface area contributed by atoms with Gasteiger partial charge in [-0.1, -0.05) is 48.6 Å². The molecular formula is C29H27F3O5. The normalized spacial score (nSPS) is 15.0. The third kappa shape index (κ3) is 5.64. The van der Waals surface area contributed by atoms with Gasteiger partial charge in [-0.05, 0) is 71.8 Å². The molecule has 0 bridgehead atoms. The average molecular weight is 513 g/mol. The van der Waals surface area contributed by atoms with Gasteiger partial charge < -0.3 is 19.7 Å². The molecule has 0 aromatic heterocycles. The third-order valence-corrected chi connectivity index (χ3v) is 6.55. The second-order valence-electron chi connectivity index (χ2n) is 9.33. The number of benzene rings is 3. The zero-order chi connectivity index (χ0) is 26.8. The van der Waals surface area contributed by atoms with Gasteiger partial charge >= 0.3 is 12.1 Å². The minimum Gasteiger partial charge on any atom is -0.486 e. The summed E-state index contributed by atoms with van der Waals surface area (Å²) in [6.45, 7) is 3.56. The summed E-state index contributed by atoms with van der Waals surface area (Å²) in [5.74, 6) is 0.0917. The largest absolute Gasteiger partial charge is 0.486 e. The van der Waals surface area contributed by atoms with Crippen LogP contribution in [0.5, 0.6) is 11.5 Å². The number of hydrogen-bond donors (Lipinski definition) is 2. The van der Waals surface area contributed by atoms with E-state index in [1.54, 1.807) is 6.08 Å². The quantitative estimate of drug-likeness (QED) is 0.366. The molecule has 3 aromatic rings. The number of rotatable bonds is 7. The maximum absolute atomic E-state index is 13.8. The van der Waals surface area contributed by atoms with Gasteiger partial charge in [0.05, 0.1) is 17.6 Å². The molecule has 1 heterocycles. The van der Waals surface area contributed by atoms with E-state index in [9.17, 15) is 28.2 Å². The Bertz CT molecular complexity index is 1350. The van der Waals surface area contributed by atoms with Crippen molar-refractivity contribution < 1.29 is 37.7 Å². The van der Waals surface area contributed by atoms with Crippen molar-refractivity contribution in [3.8, 4) is 22.6 Å². The summed E-state index contributed by atoms with van der Waals surface area (Å²) in [5.41, 5.74) is 1.38. The number of carboxylic acid groups (broad SMARTS) is 1. The number of carboxylic acids is 1. The highest BCUT2D eigenvalue weighted by molar-refractivity contribution is 5.79. The minimum atomic E-state index is -4.59. The molecule has 1 aliphatic rings. The Labute approximate surface area is 212 Å². The van der Waals surface area contributed by atoms with Gasteiger partial charge in [0.15, 0.2) is 11.5 Å². The highest BCUT2D eigenvalue weighted by atomic mass is 19.4. The van der Waals surface area contributed by atoms with Crippen LogP contribution in [0.3, 0.4) is 0 Å². The molecule has 8 heteroatoms. The Morgan fingerprint density at radius 1 is 0.973 bits per heavy atom. The molecule has 1 aliphatic heterocycles. The molecule has 4 rings (SSSR count). The first-order valence-corrected chi connectivity index (χ1v) is 11.7. The second-order valence-corrected chi connectivity index (χ2v) is 9.33. The molecule has 194 valence electrons. The second kappa shape index (κ2) is 10.3. The summed E-state index contributed by atoms with van der Waals surface area (Å²) >= 11 is 0. The lowest BCUT2D eigenvalue weighted by Gasteiger charge is -2.22. The van der Waals surface area contributed by atoms with Crippen LogP contribution in [-0.4, -0.2) is 36.0 Å². The van der Waals surface area contributed by atoms with Crippen molar-refractivity contribution in [2.75, 3.05) is 19.8 Å². The van der Waals surface area contributed by atoms with E-state index in [-0.39, 0.29) is 12.0 Å². The fourth-order valence-electron chi connectivity index (χ4n) is 4.31. The molecule has 2 N–H and O–H groups in total. The monoisotopic (exact) mass is 512 g/mol. The fraction of sp³-hybridized carbons (Fsp3) is 0.276. The topological polar surface area (TPSA) is 76.0 Å². The van der Waals surface area contributed by atoms with Gasteiger partial charge in [0.1, 0.15) is 13.2 Å². The van der Waals surface area contributed by atoms with Crippen molar-refractivity contribution in [1.29, 1.82) is 0 Å². The van der Waals surface area contributed by atoms with Crippen LogP contribution in [0.1, 0.15) is 34.7 Å². The lowest BCUT2D eigenvalue weighted by Crippen LogP contribution is -2.33. The van der Waals surface area contributed by atoms with E-state index < -0.39 is 29.7 Å². The number of ether oxygens (including phenoxy) is 2. The zero-order valence-electron chi connectivity index (χ0n) is 20.4. The van der Waals surface area contributed by atoms with Crippen LogP contribution in [0.15, 0.2) is 54.6 Å². The van der Waals surface area contributed by atoms with Gasteiger partial charge in [-0.15, -0.1) is 0 Å². The molecule has 0 aliphatic carbocycles. The first kappa shape index (κ1) is 26.3. The molecule has 0 saturated carbocycles. The van der Waals surface area contributed by atoms with Gasteiger partial charge in [-0.3, -0.25) is 4.79 Å². The molecule has 0 saturated heterocycles. The zero-order valence-corrected chi connectivity index (χ0v) is 20.4. The molecule has 0 spiro atoms. The molecule has 0 fully saturated rings. The smallest absolute Gasteiger partial charge is 0.416 e. The van der Waals surface area contributed by atoms with Crippen LogP contribution in [0, 0.1) is 12.3 Å². The molecule has 1 atom stereocenters. The summed E-state index contributed by atoms with van der Waals surface area (Å²) in [6.07, 6.45) is -1.70. The first-order chi connectivity index (χ1) is 17.5. The Balaban J connectivity index is 1.70. The number of aliphatic hydroxyl groups excluding tert-OH is 1. The van der Waals surface area contributed by atoms with Crippen LogP contribution >= 0.6 is 0 Å². The number of carbonyl (C=O) groups is 1. The molecule has 0 radical (unpaired) electrons. The molecule has 1 unspecified atom stereocenters. The lowest BCUT2D eigenvalue weighted by molar-refractivity contribution is -0.150. The van der Waals surface area contributed by atoms with Crippen LogP contribution in [0.25, 0.3) is 23.3 Å². The van der Waals surface area contributed by atoms with Crippen molar-refractivity contribution in [3.05, 3.63) is 82.4 Å². The van der Waals surface area contributed by atoms with Crippen molar-refractivity contribution in [2.45, 2.75) is 26.4 Å². The SMILES string of the molecule is Cc1c(C=Cc2cc(CC(C)(CO)C(=O)O)ccc2C(F)(F)F)cccc1-c1ccc2c(c1)OCCO2. The van der Waals surface area contributed by atoms with E-state index >= 15 is 0 Å². The van der Waals surface area contributed by atoms with Crippen molar-refractivity contribution in [3.63, 3.8) is 0 Å². The van der Waals surface area contributed by atoms with Gasteiger partial charge in [-0.25, -0.2) is 0 Å². The van der Waals surface area contributed by atoms with E-state index in [1.807, 2.05) is 43.3 Å². The van der Waals surface area contributed by atoms with Gasteiger partial charge in [0.25, 0.3) is 0 Å². The minimum absolute atomic E-state index is 0.0835. The maximum atomic E-state index is 13.8. The summed E-state index contributed by atoms with van der Waals surface area (Å²) in [5, 5.41) is 19.0. The number of aliphatic carboxylic acids is 1. The summed E-state index contributed by atoms with van der Waals surface area (Å²) in [7, 11) is 0. The highest BCUT2D eigenvalue weighted by Crippen LogP contribution is 2.37. The van der Waals surface area contributed by atoms with Crippen LogP contribution < -0.4 is 9.47 Å². The van der Waals surface area contributed by atoms with E-state index in [0.717, 1.165) is 28.3 Å². The Hall–Kier alpha value is -3.78. The van der Waals surface area contributed by atoms with E-state index in [4.69, 9.17) is 9.47 Å². The van der Waals surface area contributed by atoms with Crippen molar-refractivity contribution in [2.24, 2.45) is 5.41 Å². The first-order valence-electron chi connectivity index (χ1n) is 11.7. The molecule has 5 nitrogen and oxygen atoms in total. The molecular weight excluding hydrogens is 485 g/mol. The number of aliphatic hydroxyl groups is 1. The summed E-state index contributed by atoms with van der Waals surface area (Å²) < 4.78 is 52.5. The van der Waals surface area contributed by atoms with Crippen LogP contribution in [0.2, 0.25) is 0 Å². The number of halogens is 3. The van der Waals surface area contributed by atoms with Crippen LogP contribution in [0.4, 0.5) is 13.2 Å². The van der Waals surface area contributed by atoms with Crippen molar-refractivity contribution >= 4 is 18.1 Å². The molecule has 0 amide bonds. The number of alkyl halides is 3. The highest BCUT2D eigenvalue weighted by Gasteiger charge is 2.35. The summed E-state index contributed by atoms with van der Waals surface area (Å²) in [4.78, 5) is 11.6. The van der Waals surface area contributed by atoms with E-state index in [0.29, 0.717) is 30.3 Å². The molecule has 37 heavy (non-hydrogen) atoms. The van der Waals surface area contributed by atoms with Gasteiger partial charge in [0.2, 0.25) is 0 Å². The number of hydrogen-bond acceptors (Lipinski definition) is 4. The van der Waals surface area contributed by atoms with E-state index in [2.05, 4.69) is 0 Å². The summed E-state index contributed by atoms with van der Waals surface area (Å²) in [6, 6.07) is 14.8. The third-order valence-electron chi connectivity index (χ3n) is 6.55. The predicted molar refractivity (Wildman–Crippen MR) is 135 cm³/mol. The van der Waals surface area contributed by atoms with Crippen molar-refractivity contribution in [1.82, 2.24) is 0 Å². The van der Waals surface area contributed by atoms with Gasteiger partial charge in [-0.2, -0.15) is 13.2 Å². The maximum Gasteiger partial charge on any atom is 0.416 e. The number of fused-ring (bicyclic) bond motifs is 1. The Morgan fingerprint density at radius 3 is 2.35 bits per heavy atom. The predicted octanol–water partition coefficient (Wildman–Crippen LogP) is 6.25. The van der Waals surface area contributed by atoms with Crippen LogP contribution in [-0.2, 0) is 17.4 Å². The Kier molecular flexibility index (Phi) is 7.32. The Morgan fingerprint density at radius 2 is 1.68 bits per heavy atom. The van der Waals surface area contributed by atoms with Gasteiger partial charge in [0, 0.05) is 0 Å².